The second-order valence-electron chi connectivity index (χ2n) is 9.10. The summed E-state index contributed by atoms with van der Waals surface area (Å²) in [6.07, 6.45) is -0.174. The number of fused-ring (bicyclic) bond motifs is 2. The fourth-order valence-electron chi connectivity index (χ4n) is 5.11. The van der Waals surface area contributed by atoms with Gasteiger partial charge in [-0.1, -0.05) is 30.3 Å². The van der Waals surface area contributed by atoms with Gasteiger partial charge in [0.1, 0.15) is 0 Å². The smallest absolute Gasteiger partial charge is 0.335 e. The van der Waals surface area contributed by atoms with E-state index in [2.05, 4.69) is 44.5 Å². The van der Waals surface area contributed by atoms with Crippen LogP contribution in [-0.2, 0) is 12.7 Å². The second-order valence-corrected chi connectivity index (χ2v) is 9.10. The van der Waals surface area contributed by atoms with Crippen LogP contribution in [0.15, 0.2) is 42.7 Å². The first-order valence-electron chi connectivity index (χ1n) is 11.4. The summed E-state index contributed by atoms with van der Waals surface area (Å²) in [4.78, 5) is 26.9. The molecule has 3 aliphatic heterocycles. The summed E-state index contributed by atoms with van der Waals surface area (Å²) in [6, 6.07) is 10.6. The molecule has 0 unspecified atom stereocenters. The molecule has 2 bridgehead atoms. The number of hydrogen-bond acceptors (Lipinski definition) is 5. The molecule has 2 amide bonds. The van der Waals surface area contributed by atoms with Gasteiger partial charge in [-0.15, -0.1) is 0 Å². The van der Waals surface area contributed by atoms with Crippen molar-refractivity contribution in [2.24, 2.45) is 0 Å². The van der Waals surface area contributed by atoms with Crippen molar-refractivity contribution in [3.05, 3.63) is 53.9 Å². The van der Waals surface area contributed by atoms with Crippen LogP contribution in [0.25, 0.3) is 0 Å². The van der Waals surface area contributed by atoms with Crippen molar-refractivity contribution >= 4 is 12.0 Å². The number of piperidine rings is 1. The summed E-state index contributed by atoms with van der Waals surface area (Å²) in [5.41, 5.74) is 0.445. The molecule has 1 aromatic carbocycles. The number of amides is 2. The molecule has 0 aliphatic carbocycles. The van der Waals surface area contributed by atoms with Crippen LogP contribution in [0.5, 0.6) is 0 Å². The molecule has 0 saturated carbocycles. The number of urea groups is 1. The Kier molecular flexibility index (Phi) is 5.86. The average Bonchev–Trinajstić information content (AvgIpc) is 3.42. The van der Waals surface area contributed by atoms with Gasteiger partial charge in [0.25, 0.3) is 0 Å². The fourth-order valence-corrected chi connectivity index (χ4v) is 5.11. The molecule has 5 rings (SSSR count). The van der Waals surface area contributed by atoms with Crippen LogP contribution in [0.1, 0.15) is 30.4 Å². The number of carbonyl (C=O) groups is 1. The molecule has 1 aromatic heterocycles. The number of nitrogens with one attached hydrogen (secondary N) is 1. The SMILES string of the molecule is O=C(NC1CCN(Cc2ccccc2)CC1)N1C[C@H]2C[C@@H]1CN2c1ncc(C(F)(F)F)cn1. The largest absolute Gasteiger partial charge is 0.419 e. The molecule has 7 nitrogen and oxygen atoms in total. The van der Waals surface area contributed by atoms with Gasteiger partial charge in [-0.05, 0) is 24.8 Å². The van der Waals surface area contributed by atoms with Gasteiger partial charge in [0, 0.05) is 51.2 Å². The van der Waals surface area contributed by atoms with E-state index < -0.39 is 11.7 Å². The highest BCUT2D eigenvalue weighted by molar-refractivity contribution is 5.76. The van der Waals surface area contributed by atoms with Gasteiger partial charge in [-0.2, -0.15) is 13.2 Å². The van der Waals surface area contributed by atoms with Crippen molar-refractivity contribution in [2.75, 3.05) is 31.1 Å². The molecular weight excluding hydrogens is 433 g/mol. The summed E-state index contributed by atoms with van der Waals surface area (Å²) in [6.45, 7) is 3.90. The third-order valence-corrected chi connectivity index (χ3v) is 6.89. The minimum atomic E-state index is -4.45. The first kappa shape index (κ1) is 21.9. The third kappa shape index (κ3) is 4.75. The van der Waals surface area contributed by atoms with E-state index in [1.54, 1.807) is 0 Å². The first-order valence-corrected chi connectivity index (χ1v) is 11.4. The minimum absolute atomic E-state index is 0.0269. The molecule has 3 saturated heterocycles. The highest BCUT2D eigenvalue weighted by Crippen LogP contribution is 2.34. The summed E-state index contributed by atoms with van der Waals surface area (Å²) >= 11 is 0. The standard InChI is InChI=1S/C23H27F3N6O/c24-23(25,26)17-11-27-21(28-12-17)31-14-20-10-19(31)15-32(20)22(33)29-18-6-8-30(9-7-18)13-16-4-2-1-3-5-16/h1-5,11-12,18-20H,6-10,13-15H2,(H,29,33)/t19-,20-/m1/s1. The van der Waals surface area contributed by atoms with E-state index in [1.165, 1.54) is 5.56 Å². The van der Waals surface area contributed by atoms with Gasteiger partial charge in [-0.25, -0.2) is 14.8 Å². The fraction of sp³-hybridized carbons (Fsp3) is 0.522. The van der Waals surface area contributed by atoms with E-state index in [9.17, 15) is 18.0 Å². The lowest BCUT2D eigenvalue weighted by molar-refractivity contribution is -0.138. The molecule has 10 heteroatoms. The molecule has 3 aliphatic rings. The molecule has 0 spiro atoms. The van der Waals surface area contributed by atoms with Crippen LogP contribution in [-0.4, -0.2) is 70.1 Å². The number of nitrogens with zero attached hydrogens (tertiary/aromatic N) is 5. The van der Waals surface area contributed by atoms with Crippen molar-refractivity contribution in [3.63, 3.8) is 0 Å². The number of benzene rings is 1. The van der Waals surface area contributed by atoms with Gasteiger partial charge in [0.15, 0.2) is 0 Å². The predicted octanol–water partition coefficient (Wildman–Crippen LogP) is 3.13. The maximum Gasteiger partial charge on any atom is 0.419 e. The third-order valence-electron chi connectivity index (χ3n) is 6.89. The normalized spacial score (nSPS) is 23.8. The van der Waals surface area contributed by atoms with Gasteiger partial charge in [0.2, 0.25) is 5.95 Å². The van der Waals surface area contributed by atoms with E-state index in [4.69, 9.17) is 0 Å². The Bertz CT molecular complexity index is 962. The lowest BCUT2D eigenvalue weighted by Crippen LogP contribution is -2.55. The monoisotopic (exact) mass is 460 g/mol. The van der Waals surface area contributed by atoms with Gasteiger partial charge in [-0.3, -0.25) is 4.90 Å². The van der Waals surface area contributed by atoms with Gasteiger partial charge >= 0.3 is 12.2 Å². The Labute approximate surface area is 190 Å². The summed E-state index contributed by atoms with van der Waals surface area (Å²) in [5, 5.41) is 3.19. The number of piperazine rings is 1. The number of likely N-dealkylation sites (tertiary alicyclic amines) is 2. The van der Waals surface area contributed by atoms with E-state index in [0.29, 0.717) is 19.0 Å². The number of anilines is 1. The van der Waals surface area contributed by atoms with E-state index >= 15 is 0 Å². The van der Waals surface area contributed by atoms with Crippen molar-refractivity contribution in [1.29, 1.82) is 0 Å². The van der Waals surface area contributed by atoms with E-state index in [-0.39, 0.29) is 24.2 Å². The van der Waals surface area contributed by atoms with Crippen molar-refractivity contribution < 1.29 is 18.0 Å². The minimum Gasteiger partial charge on any atom is -0.335 e. The number of alkyl halides is 3. The van der Waals surface area contributed by atoms with Crippen LogP contribution in [0.4, 0.5) is 23.9 Å². The Hall–Kier alpha value is -2.88. The number of carbonyl (C=O) groups excluding carboxylic acids is 1. The Morgan fingerprint density at radius 3 is 2.33 bits per heavy atom. The van der Waals surface area contributed by atoms with E-state index in [0.717, 1.165) is 51.3 Å². The average molecular weight is 461 g/mol. The molecule has 0 radical (unpaired) electrons. The van der Waals surface area contributed by atoms with Crippen molar-refractivity contribution in [3.8, 4) is 0 Å². The highest BCUT2D eigenvalue weighted by Gasteiger charge is 2.46. The number of aromatic nitrogens is 2. The van der Waals surface area contributed by atoms with E-state index in [1.807, 2.05) is 15.9 Å². The predicted molar refractivity (Wildman–Crippen MR) is 117 cm³/mol. The van der Waals surface area contributed by atoms with Crippen LogP contribution in [0.3, 0.4) is 0 Å². The molecule has 2 atom stereocenters. The zero-order chi connectivity index (χ0) is 23.0. The highest BCUT2D eigenvalue weighted by atomic mass is 19.4. The maximum atomic E-state index is 12.9. The lowest BCUT2D eigenvalue weighted by atomic mass is 10.0. The zero-order valence-electron chi connectivity index (χ0n) is 18.2. The first-order chi connectivity index (χ1) is 15.9. The topological polar surface area (TPSA) is 64.6 Å². The zero-order valence-corrected chi connectivity index (χ0v) is 18.2. The molecular formula is C23H27F3N6O. The molecule has 33 heavy (non-hydrogen) atoms. The maximum absolute atomic E-state index is 12.9. The molecule has 176 valence electrons. The molecule has 3 fully saturated rings. The molecule has 2 aromatic rings. The van der Waals surface area contributed by atoms with Gasteiger partial charge in [0.05, 0.1) is 17.6 Å². The molecule has 4 heterocycles. The van der Waals surface area contributed by atoms with Crippen LogP contribution in [0, 0.1) is 0 Å². The molecule has 1 N–H and O–H groups in total. The number of rotatable bonds is 4. The number of hydrogen-bond donors (Lipinski definition) is 1. The van der Waals surface area contributed by atoms with Crippen LogP contribution < -0.4 is 10.2 Å². The summed E-state index contributed by atoms with van der Waals surface area (Å²) in [7, 11) is 0. The van der Waals surface area contributed by atoms with Crippen LogP contribution >= 0.6 is 0 Å². The Morgan fingerprint density at radius 2 is 1.73 bits per heavy atom. The summed E-state index contributed by atoms with van der Waals surface area (Å²) in [5.74, 6) is 0.293. The summed E-state index contributed by atoms with van der Waals surface area (Å²) < 4.78 is 38.3. The lowest BCUT2D eigenvalue weighted by Gasteiger charge is -2.37. The second kappa shape index (κ2) is 8.81. The number of halogens is 3. The Morgan fingerprint density at radius 1 is 1.03 bits per heavy atom. The Balaban J connectivity index is 1.10. The quantitative estimate of drug-likeness (QED) is 0.760. The van der Waals surface area contributed by atoms with Crippen molar-refractivity contribution in [2.45, 2.75) is 50.1 Å². The van der Waals surface area contributed by atoms with Crippen molar-refractivity contribution in [1.82, 2.24) is 25.1 Å². The van der Waals surface area contributed by atoms with Gasteiger partial charge < -0.3 is 15.1 Å². The van der Waals surface area contributed by atoms with Crippen LogP contribution in [0.2, 0.25) is 0 Å².